The number of benzene rings is 1. The lowest BCUT2D eigenvalue weighted by Crippen LogP contribution is -2.48. The van der Waals surface area contributed by atoms with Crippen molar-refractivity contribution in [2.75, 3.05) is 19.6 Å². The topological polar surface area (TPSA) is 88.6 Å². The summed E-state index contributed by atoms with van der Waals surface area (Å²) >= 11 is 0. The summed E-state index contributed by atoms with van der Waals surface area (Å²) in [6.45, 7) is 1.52. The van der Waals surface area contributed by atoms with E-state index >= 15 is 0 Å². The normalized spacial score (nSPS) is 17.7. The first-order valence-electron chi connectivity index (χ1n) is 7.67. The summed E-state index contributed by atoms with van der Waals surface area (Å²) in [6, 6.07) is 7.71. The van der Waals surface area contributed by atoms with E-state index in [-0.39, 0.29) is 29.9 Å². The van der Waals surface area contributed by atoms with Gasteiger partial charge in [-0.15, -0.1) is 0 Å². The summed E-state index contributed by atoms with van der Waals surface area (Å²) in [5.41, 5.74) is 6.30. The Morgan fingerprint density at radius 1 is 1.38 bits per heavy atom. The highest BCUT2D eigenvalue weighted by atomic mass is 19.1. The monoisotopic (exact) mass is 331 g/mol. The number of hydrogen-bond acceptors (Lipinski definition) is 4. The zero-order valence-electron chi connectivity index (χ0n) is 13.0. The van der Waals surface area contributed by atoms with E-state index in [9.17, 15) is 14.0 Å². The molecule has 2 aromatic rings. The number of nitrogens with two attached hydrogens (primary N) is 1. The number of primary amides is 1. The molecule has 24 heavy (non-hydrogen) atoms. The molecular formula is C17H18FN3O3. The number of amides is 2. The maximum Gasteiger partial charge on any atom is 0.257 e. The molecule has 0 saturated carbocycles. The minimum atomic E-state index is -0.558. The third-order valence-corrected chi connectivity index (χ3v) is 4.02. The minimum Gasteiger partial charge on any atom is -0.468 e. The first kappa shape index (κ1) is 16.2. The van der Waals surface area contributed by atoms with E-state index in [0.717, 1.165) is 5.56 Å². The quantitative estimate of drug-likeness (QED) is 0.882. The third-order valence-electron chi connectivity index (χ3n) is 4.02. The number of piperazine rings is 1. The van der Waals surface area contributed by atoms with Crippen LogP contribution in [0.2, 0.25) is 0 Å². The number of carbonyl (C=O) groups is 2. The van der Waals surface area contributed by atoms with E-state index < -0.39 is 5.91 Å². The van der Waals surface area contributed by atoms with Gasteiger partial charge >= 0.3 is 0 Å². The van der Waals surface area contributed by atoms with E-state index in [0.29, 0.717) is 25.2 Å². The fraction of sp³-hybridized carbons (Fsp3) is 0.294. The Morgan fingerprint density at radius 2 is 2.21 bits per heavy atom. The van der Waals surface area contributed by atoms with Gasteiger partial charge in [-0.3, -0.25) is 9.59 Å². The minimum absolute atomic E-state index is 0.118. The van der Waals surface area contributed by atoms with Gasteiger partial charge in [0, 0.05) is 19.6 Å². The van der Waals surface area contributed by atoms with Crippen LogP contribution in [-0.4, -0.2) is 36.3 Å². The maximum atomic E-state index is 13.4. The summed E-state index contributed by atoms with van der Waals surface area (Å²) in [5.74, 6) is -0.815. The molecule has 1 aromatic heterocycles. The van der Waals surface area contributed by atoms with Crippen LogP contribution in [0.15, 0.2) is 41.0 Å². The second kappa shape index (κ2) is 6.84. The molecule has 1 saturated heterocycles. The van der Waals surface area contributed by atoms with Crippen LogP contribution in [0.5, 0.6) is 0 Å². The Labute approximate surface area is 138 Å². The molecule has 1 aromatic carbocycles. The molecule has 0 aliphatic carbocycles. The van der Waals surface area contributed by atoms with E-state index in [4.69, 9.17) is 10.2 Å². The number of carbonyl (C=O) groups excluding carboxylic acids is 2. The zero-order chi connectivity index (χ0) is 17.1. The molecule has 2 heterocycles. The highest BCUT2D eigenvalue weighted by molar-refractivity contribution is 5.96. The Morgan fingerprint density at radius 3 is 2.96 bits per heavy atom. The van der Waals surface area contributed by atoms with Crippen molar-refractivity contribution in [1.82, 2.24) is 10.2 Å². The standard InChI is InChI=1S/C17H18FN3O3/c18-12-3-1-2-11(8-12)14-10-21(6-5-20-14)17(23)13-4-7-24-15(13)9-16(19)22/h1-4,7-8,14,20H,5-6,9-10H2,(H2,19,22). The van der Waals surface area contributed by atoms with E-state index in [1.54, 1.807) is 17.0 Å². The summed E-state index contributed by atoms with van der Waals surface area (Å²) in [4.78, 5) is 25.5. The number of nitrogens with one attached hydrogen (secondary N) is 1. The predicted molar refractivity (Wildman–Crippen MR) is 84.7 cm³/mol. The van der Waals surface area contributed by atoms with Crippen molar-refractivity contribution in [3.05, 3.63) is 59.3 Å². The first-order chi connectivity index (χ1) is 11.5. The average molecular weight is 331 g/mol. The van der Waals surface area contributed by atoms with Gasteiger partial charge in [-0.2, -0.15) is 0 Å². The molecule has 6 nitrogen and oxygen atoms in total. The lowest BCUT2D eigenvalue weighted by molar-refractivity contribution is -0.117. The molecule has 126 valence electrons. The third kappa shape index (κ3) is 3.46. The van der Waals surface area contributed by atoms with Crippen LogP contribution in [0.1, 0.15) is 27.7 Å². The van der Waals surface area contributed by atoms with Crippen molar-refractivity contribution < 1.29 is 18.4 Å². The van der Waals surface area contributed by atoms with Gasteiger partial charge in [0.05, 0.1) is 24.3 Å². The lowest BCUT2D eigenvalue weighted by Gasteiger charge is -2.34. The van der Waals surface area contributed by atoms with Crippen LogP contribution in [0, 0.1) is 5.82 Å². The van der Waals surface area contributed by atoms with Gasteiger partial charge < -0.3 is 20.4 Å². The van der Waals surface area contributed by atoms with Gasteiger partial charge in [0.2, 0.25) is 5.91 Å². The highest BCUT2D eigenvalue weighted by Crippen LogP contribution is 2.21. The Bertz CT molecular complexity index is 759. The molecule has 0 spiro atoms. The van der Waals surface area contributed by atoms with E-state index in [1.807, 2.05) is 6.07 Å². The Hall–Kier alpha value is -2.67. The van der Waals surface area contributed by atoms with Crippen LogP contribution in [-0.2, 0) is 11.2 Å². The fourth-order valence-corrected chi connectivity index (χ4v) is 2.88. The summed E-state index contributed by atoms with van der Waals surface area (Å²) < 4.78 is 18.6. The van der Waals surface area contributed by atoms with Crippen LogP contribution in [0.3, 0.4) is 0 Å². The molecule has 0 bridgehead atoms. The number of hydrogen-bond donors (Lipinski definition) is 2. The van der Waals surface area contributed by atoms with E-state index in [2.05, 4.69) is 5.32 Å². The van der Waals surface area contributed by atoms with Crippen molar-refractivity contribution in [2.45, 2.75) is 12.5 Å². The molecule has 1 unspecified atom stereocenters. The SMILES string of the molecule is NC(=O)Cc1occc1C(=O)N1CCNC(c2cccc(F)c2)C1. The molecule has 1 aliphatic heterocycles. The summed E-state index contributed by atoms with van der Waals surface area (Å²) in [6.07, 6.45) is 1.26. The van der Waals surface area contributed by atoms with Gasteiger partial charge in [0.1, 0.15) is 11.6 Å². The lowest BCUT2D eigenvalue weighted by atomic mass is 10.0. The largest absolute Gasteiger partial charge is 0.468 e. The molecule has 2 amide bonds. The fourth-order valence-electron chi connectivity index (χ4n) is 2.88. The van der Waals surface area contributed by atoms with Crippen LogP contribution >= 0.6 is 0 Å². The van der Waals surface area contributed by atoms with Gasteiger partial charge in [-0.1, -0.05) is 12.1 Å². The molecule has 7 heteroatoms. The first-order valence-corrected chi connectivity index (χ1v) is 7.67. The summed E-state index contributed by atoms with van der Waals surface area (Å²) in [7, 11) is 0. The van der Waals surface area contributed by atoms with Gasteiger partial charge in [-0.25, -0.2) is 4.39 Å². The summed E-state index contributed by atoms with van der Waals surface area (Å²) in [5, 5.41) is 3.28. The molecule has 0 radical (unpaired) electrons. The number of nitrogens with zero attached hydrogens (tertiary/aromatic N) is 1. The van der Waals surface area contributed by atoms with Crippen LogP contribution in [0.25, 0.3) is 0 Å². The molecule has 3 N–H and O–H groups in total. The Kier molecular flexibility index (Phi) is 4.61. The second-order valence-electron chi connectivity index (χ2n) is 5.71. The maximum absolute atomic E-state index is 13.4. The number of furan rings is 1. The molecule has 1 aliphatic rings. The van der Waals surface area contributed by atoms with Crippen LogP contribution in [0.4, 0.5) is 4.39 Å². The number of rotatable bonds is 4. The van der Waals surface area contributed by atoms with E-state index in [1.165, 1.54) is 18.4 Å². The van der Waals surface area contributed by atoms with Crippen molar-refractivity contribution in [1.29, 1.82) is 0 Å². The second-order valence-corrected chi connectivity index (χ2v) is 5.71. The van der Waals surface area contributed by atoms with Crippen molar-refractivity contribution in [3.63, 3.8) is 0 Å². The van der Waals surface area contributed by atoms with Gasteiger partial charge in [0.15, 0.2) is 0 Å². The molecule has 1 atom stereocenters. The number of halogens is 1. The average Bonchev–Trinajstić information content (AvgIpc) is 3.01. The van der Waals surface area contributed by atoms with Crippen molar-refractivity contribution >= 4 is 11.8 Å². The molecule has 1 fully saturated rings. The zero-order valence-corrected chi connectivity index (χ0v) is 13.0. The highest BCUT2D eigenvalue weighted by Gasteiger charge is 2.27. The molecule has 3 rings (SSSR count). The van der Waals surface area contributed by atoms with Gasteiger partial charge in [0.25, 0.3) is 5.91 Å². The Balaban J connectivity index is 1.76. The van der Waals surface area contributed by atoms with Gasteiger partial charge in [-0.05, 0) is 23.8 Å². The molecular weight excluding hydrogens is 313 g/mol. The van der Waals surface area contributed by atoms with Crippen molar-refractivity contribution in [3.8, 4) is 0 Å². The smallest absolute Gasteiger partial charge is 0.257 e. The predicted octanol–water partition coefficient (Wildman–Crippen LogP) is 1.23. The van der Waals surface area contributed by atoms with Crippen molar-refractivity contribution in [2.24, 2.45) is 5.73 Å². The van der Waals surface area contributed by atoms with Crippen LogP contribution < -0.4 is 11.1 Å².